The number of carbonyl (C=O) groups is 1. The van der Waals surface area contributed by atoms with Crippen molar-refractivity contribution in [2.24, 2.45) is 0 Å². The van der Waals surface area contributed by atoms with Gasteiger partial charge in [0, 0.05) is 17.0 Å². The number of benzene rings is 2. The van der Waals surface area contributed by atoms with E-state index >= 15 is 0 Å². The molecule has 176 valence electrons. The summed E-state index contributed by atoms with van der Waals surface area (Å²) in [6.07, 6.45) is 2.93. The van der Waals surface area contributed by atoms with Crippen molar-refractivity contribution in [3.8, 4) is 23.1 Å². The lowest BCUT2D eigenvalue weighted by Gasteiger charge is -2.11. The van der Waals surface area contributed by atoms with Gasteiger partial charge >= 0.3 is 0 Å². The van der Waals surface area contributed by atoms with Gasteiger partial charge in [0.15, 0.2) is 11.6 Å². The molecule has 35 heavy (non-hydrogen) atoms. The average Bonchev–Trinajstić information content (AvgIpc) is 3.43. The summed E-state index contributed by atoms with van der Waals surface area (Å²) in [5.74, 6) is 0.330. The molecular weight excluding hydrogens is 517 g/mol. The number of methoxy groups -OCH3 is 1. The smallest absolute Gasteiger partial charge is 0.219 e. The van der Waals surface area contributed by atoms with Crippen LogP contribution >= 0.6 is 15.9 Å². The van der Waals surface area contributed by atoms with Crippen LogP contribution in [0.1, 0.15) is 21.6 Å². The van der Waals surface area contributed by atoms with Crippen molar-refractivity contribution in [1.29, 1.82) is 0 Å². The zero-order valence-electron chi connectivity index (χ0n) is 18.7. The van der Waals surface area contributed by atoms with E-state index in [4.69, 9.17) is 15.2 Å². The van der Waals surface area contributed by atoms with Crippen LogP contribution in [0, 0.1) is 12.7 Å². The summed E-state index contributed by atoms with van der Waals surface area (Å²) in [5, 5.41) is 5.13. The Kier molecular flexibility index (Phi) is 5.73. The van der Waals surface area contributed by atoms with Crippen molar-refractivity contribution < 1.29 is 18.7 Å². The zero-order valence-corrected chi connectivity index (χ0v) is 20.3. The first-order valence-corrected chi connectivity index (χ1v) is 11.3. The lowest BCUT2D eigenvalue weighted by Crippen LogP contribution is -2.09. The second kappa shape index (κ2) is 8.88. The number of aromatic amines is 1. The number of nitrogens with one attached hydrogen (secondary N) is 1. The molecule has 2 aromatic carbocycles. The normalized spacial score (nSPS) is 11.1. The van der Waals surface area contributed by atoms with Crippen molar-refractivity contribution in [1.82, 2.24) is 19.7 Å². The first-order valence-electron chi connectivity index (χ1n) is 10.5. The Labute approximate surface area is 207 Å². The van der Waals surface area contributed by atoms with E-state index in [0.29, 0.717) is 17.1 Å². The van der Waals surface area contributed by atoms with E-state index < -0.39 is 5.82 Å². The van der Waals surface area contributed by atoms with E-state index in [0.717, 1.165) is 20.9 Å². The van der Waals surface area contributed by atoms with Gasteiger partial charge in [0.2, 0.25) is 11.7 Å². The Bertz CT molecular complexity index is 1590. The van der Waals surface area contributed by atoms with Crippen LogP contribution in [0.25, 0.3) is 16.6 Å². The van der Waals surface area contributed by atoms with Gasteiger partial charge < -0.3 is 20.2 Å². The van der Waals surface area contributed by atoms with Gasteiger partial charge in [-0.3, -0.25) is 4.79 Å². The summed E-state index contributed by atoms with van der Waals surface area (Å²) < 4.78 is 27.0. The zero-order chi connectivity index (χ0) is 24.7. The third-order valence-corrected chi connectivity index (χ3v) is 6.15. The van der Waals surface area contributed by atoms with Crippen LogP contribution in [-0.4, -0.2) is 32.6 Å². The summed E-state index contributed by atoms with van der Waals surface area (Å²) in [6, 6.07) is 13.1. The number of nitrogens with zero attached hydrogens (tertiary/aromatic N) is 3. The fourth-order valence-electron chi connectivity index (χ4n) is 3.72. The number of hydrogen-bond acceptors (Lipinski definition) is 6. The van der Waals surface area contributed by atoms with Gasteiger partial charge in [-0.1, -0.05) is 12.1 Å². The second-order valence-corrected chi connectivity index (χ2v) is 8.64. The number of nitrogen functional groups attached to an aromatic ring is 1. The highest BCUT2D eigenvalue weighted by atomic mass is 79.9. The summed E-state index contributed by atoms with van der Waals surface area (Å²) in [7, 11) is 1.58. The lowest BCUT2D eigenvalue weighted by atomic mass is 10.1. The van der Waals surface area contributed by atoms with Crippen molar-refractivity contribution in [3.05, 3.63) is 88.0 Å². The number of ketones is 1. The second-order valence-electron chi connectivity index (χ2n) is 7.78. The summed E-state index contributed by atoms with van der Waals surface area (Å²) in [6.45, 7) is 1.82. The molecule has 0 radical (unpaired) electrons. The van der Waals surface area contributed by atoms with Crippen LogP contribution in [-0.2, 0) is 0 Å². The number of aryl methyl sites for hydroxylation is 1. The maximum Gasteiger partial charge on any atom is 0.219 e. The maximum atomic E-state index is 13.9. The average molecular weight is 536 g/mol. The number of anilines is 1. The largest absolute Gasteiger partial charge is 0.496 e. The first-order chi connectivity index (χ1) is 16.9. The molecular formula is C25H19BrFN5O3. The highest BCUT2D eigenvalue weighted by molar-refractivity contribution is 9.10. The van der Waals surface area contributed by atoms with Crippen molar-refractivity contribution in [3.63, 3.8) is 0 Å². The van der Waals surface area contributed by atoms with E-state index in [1.165, 1.54) is 29.2 Å². The predicted octanol–water partition coefficient (Wildman–Crippen LogP) is 5.57. The predicted molar refractivity (Wildman–Crippen MR) is 133 cm³/mol. The lowest BCUT2D eigenvalue weighted by molar-refractivity contribution is 0.103. The molecule has 3 heterocycles. The number of halogens is 2. The molecule has 0 aliphatic heterocycles. The van der Waals surface area contributed by atoms with Gasteiger partial charge in [0.05, 0.1) is 40.9 Å². The maximum absolute atomic E-state index is 13.9. The molecule has 0 aliphatic rings. The minimum atomic E-state index is -0.488. The highest BCUT2D eigenvalue weighted by Crippen LogP contribution is 2.32. The van der Waals surface area contributed by atoms with Crippen LogP contribution in [0.15, 0.2) is 65.4 Å². The standard InChI is InChI=1S/C25H19BrFN5O3/c1-13-7-23(35-21-6-4-3-5-17(21)27)29-12-20(13)32-25(28)15(11-30-32)24(33)19-8-14-9-22(34-2)16(26)10-18(14)31-19/h3-12,31H,28H2,1-2H3. The number of rotatable bonds is 6. The fourth-order valence-corrected chi connectivity index (χ4v) is 4.23. The topological polar surface area (TPSA) is 108 Å². The van der Waals surface area contributed by atoms with Gasteiger partial charge in [0.25, 0.3) is 0 Å². The van der Waals surface area contributed by atoms with E-state index in [2.05, 4.69) is 31.0 Å². The molecule has 0 unspecified atom stereocenters. The quantitative estimate of drug-likeness (QED) is 0.275. The van der Waals surface area contributed by atoms with Crippen molar-refractivity contribution >= 4 is 38.4 Å². The number of pyridine rings is 1. The molecule has 5 rings (SSSR count). The van der Waals surface area contributed by atoms with Gasteiger partial charge in [-0.05, 0) is 58.7 Å². The summed E-state index contributed by atoms with van der Waals surface area (Å²) in [4.78, 5) is 20.6. The number of hydrogen-bond donors (Lipinski definition) is 2. The van der Waals surface area contributed by atoms with Gasteiger partial charge in [-0.2, -0.15) is 5.10 Å². The molecule has 0 saturated carbocycles. The molecule has 0 fully saturated rings. The minimum Gasteiger partial charge on any atom is -0.496 e. The van der Waals surface area contributed by atoms with E-state index in [-0.39, 0.29) is 28.8 Å². The number of carbonyl (C=O) groups excluding carboxylic acids is 1. The van der Waals surface area contributed by atoms with Crippen molar-refractivity contribution in [2.45, 2.75) is 6.92 Å². The molecule has 10 heteroatoms. The third kappa shape index (κ3) is 4.12. The van der Waals surface area contributed by atoms with Crippen LogP contribution in [0.2, 0.25) is 0 Å². The molecule has 8 nitrogen and oxygen atoms in total. The molecule has 0 spiro atoms. The SMILES string of the molecule is COc1cc2cc(C(=O)c3cnn(-c4cnc(Oc5ccccc5F)cc4C)c3N)[nH]c2cc1Br. The van der Waals surface area contributed by atoms with Crippen LogP contribution in [0.5, 0.6) is 17.4 Å². The molecule has 0 saturated heterocycles. The molecule has 3 N–H and O–H groups in total. The van der Waals surface area contributed by atoms with E-state index in [1.807, 2.05) is 19.1 Å². The Hall–Kier alpha value is -4.18. The molecule has 5 aromatic rings. The van der Waals surface area contributed by atoms with Gasteiger partial charge in [-0.25, -0.2) is 14.1 Å². The highest BCUT2D eigenvalue weighted by Gasteiger charge is 2.21. The minimum absolute atomic E-state index is 0.0709. The number of fused-ring (bicyclic) bond motifs is 1. The molecule has 0 atom stereocenters. The third-order valence-electron chi connectivity index (χ3n) is 5.53. The first kappa shape index (κ1) is 22.6. The van der Waals surface area contributed by atoms with Crippen LogP contribution in [0.3, 0.4) is 0 Å². The number of para-hydroxylation sites is 1. The number of ether oxygens (including phenoxy) is 2. The fraction of sp³-hybridized carbons (Fsp3) is 0.0800. The van der Waals surface area contributed by atoms with E-state index in [1.54, 1.807) is 31.4 Å². The van der Waals surface area contributed by atoms with Gasteiger partial charge in [-0.15, -0.1) is 0 Å². The Balaban J connectivity index is 1.44. The monoisotopic (exact) mass is 535 g/mol. The molecule has 3 aromatic heterocycles. The summed E-state index contributed by atoms with van der Waals surface area (Å²) in [5.41, 5.74) is 8.99. The Morgan fingerprint density at radius 1 is 1.14 bits per heavy atom. The van der Waals surface area contributed by atoms with Gasteiger partial charge in [0.1, 0.15) is 11.6 Å². The Morgan fingerprint density at radius 2 is 1.94 bits per heavy atom. The Morgan fingerprint density at radius 3 is 2.69 bits per heavy atom. The molecule has 0 aliphatic carbocycles. The van der Waals surface area contributed by atoms with E-state index in [9.17, 15) is 9.18 Å². The molecule has 0 bridgehead atoms. The number of nitrogens with two attached hydrogens (primary N) is 1. The summed E-state index contributed by atoms with van der Waals surface area (Å²) >= 11 is 3.45. The number of H-pyrrole nitrogens is 1. The molecule has 0 amide bonds. The number of aromatic nitrogens is 4. The van der Waals surface area contributed by atoms with Crippen molar-refractivity contribution in [2.75, 3.05) is 12.8 Å². The van der Waals surface area contributed by atoms with Crippen LogP contribution < -0.4 is 15.2 Å². The van der Waals surface area contributed by atoms with Crippen LogP contribution in [0.4, 0.5) is 10.2 Å².